The molecule has 3 aromatic heterocycles. The van der Waals surface area contributed by atoms with Gasteiger partial charge in [-0.2, -0.15) is 5.10 Å². The number of amides is 1. The molecule has 4 rings (SSSR count). The third kappa shape index (κ3) is 3.70. The Bertz CT molecular complexity index is 1110. The number of carbonyl (C=O) groups is 1. The van der Waals surface area contributed by atoms with Gasteiger partial charge < -0.3 is 9.73 Å². The lowest BCUT2D eigenvalue weighted by Crippen LogP contribution is -2.43. The highest BCUT2D eigenvalue weighted by Crippen LogP contribution is 2.29. The van der Waals surface area contributed by atoms with Crippen LogP contribution < -0.4 is 10.9 Å². The number of nitrogens with zero attached hydrogens (tertiary/aromatic N) is 3. The molecule has 0 aromatic carbocycles. The quantitative estimate of drug-likeness (QED) is 0.712. The summed E-state index contributed by atoms with van der Waals surface area (Å²) in [5.41, 5.74) is 1.95. The van der Waals surface area contributed by atoms with E-state index in [1.54, 1.807) is 6.07 Å². The summed E-state index contributed by atoms with van der Waals surface area (Å²) in [5.74, 6) is 2.76. The summed E-state index contributed by atoms with van der Waals surface area (Å²) >= 11 is 0. The van der Waals surface area contributed by atoms with Gasteiger partial charge in [-0.25, -0.2) is 4.68 Å². The summed E-state index contributed by atoms with van der Waals surface area (Å²) in [5, 5.41) is 7.66. The van der Waals surface area contributed by atoms with E-state index in [1.165, 1.54) is 17.5 Å². The number of nitrogens with one attached hydrogen (secondary N) is 1. The fourth-order valence-electron chi connectivity index (χ4n) is 4.62. The van der Waals surface area contributed by atoms with Crippen molar-refractivity contribution in [2.75, 3.05) is 0 Å². The summed E-state index contributed by atoms with van der Waals surface area (Å²) < 4.78 is 8.96. The van der Waals surface area contributed by atoms with Gasteiger partial charge >= 0.3 is 0 Å². The number of aromatic nitrogens is 3. The van der Waals surface area contributed by atoms with Crippen molar-refractivity contribution in [2.24, 2.45) is 11.8 Å². The van der Waals surface area contributed by atoms with Crippen LogP contribution in [0.1, 0.15) is 57.5 Å². The van der Waals surface area contributed by atoms with Gasteiger partial charge in [0.2, 0.25) is 5.91 Å². The number of aryl methyl sites for hydroxylation is 3. The Labute approximate surface area is 170 Å². The Morgan fingerprint density at radius 3 is 2.83 bits per heavy atom. The zero-order chi connectivity index (χ0) is 20.7. The molecule has 0 bridgehead atoms. The van der Waals surface area contributed by atoms with Crippen LogP contribution in [0.2, 0.25) is 0 Å². The second-order valence-electron chi connectivity index (χ2n) is 8.59. The van der Waals surface area contributed by atoms with Crippen molar-refractivity contribution in [1.82, 2.24) is 19.5 Å². The van der Waals surface area contributed by atoms with E-state index in [2.05, 4.69) is 24.3 Å². The van der Waals surface area contributed by atoms with Gasteiger partial charge in [0.05, 0.1) is 5.52 Å². The zero-order valence-electron chi connectivity index (χ0n) is 17.7. The standard InChI is InChI=1S/C22H30N4O3/c1-13-7-5-8-17(15(13)3)23-21(27)9-6-10-25-22(28)19-12-20-18(11-14(2)29-20)26(19)16(4)24-25/h11-13,15,17H,5-10H2,1-4H3,(H,23,27). The van der Waals surface area contributed by atoms with Crippen molar-refractivity contribution in [3.05, 3.63) is 34.1 Å². The Balaban J connectivity index is 1.42. The highest BCUT2D eigenvalue weighted by atomic mass is 16.3. The van der Waals surface area contributed by atoms with Gasteiger partial charge in [-0.3, -0.25) is 14.0 Å². The number of carbonyl (C=O) groups excluding carboxylic acids is 1. The van der Waals surface area contributed by atoms with E-state index in [-0.39, 0.29) is 17.5 Å². The molecule has 0 spiro atoms. The predicted molar refractivity (Wildman–Crippen MR) is 112 cm³/mol. The molecule has 3 aromatic rings. The molecule has 7 heteroatoms. The van der Waals surface area contributed by atoms with E-state index < -0.39 is 0 Å². The minimum Gasteiger partial charge on any atom is -0.460 e. The van der Waals surface area contributed by atoms with E-state index in [9.17, 15) is 9.59 Å². The monoisotopic (exact) mass is 398 g/mol. The number of rotatable bonds is 5. The molecule has 156 valence electrons. The van der Waals surface area contributed by atoms with Crippen LogP contribution in [-0.2, 0) is 11.3 Å². The molecular formula is C22H30N4O3. The molecule has 3 unspecified atom stereocenters. The molecule has 0 aliphatic heterocycles. The zero-order valence-corrected chi connectivity index (χ0v) is 17.7. The van der Waals surface area contributed by atoms with Crippen LogP contribution >= 0.6 is 0 Å². The normalized spacial score (nSPS) is 22.4. The number of furan rings is 1. The van der Waals surface area contributed by atoms with Crippen molar-refractivity contribution >= 4 is 22.5 Å². The Morgan fingerprint density at radius 2 is 2.03 bits per heavy atom. The van der Waals surface area contributed by atoms with Gasteiger partial charge in [0.1, 0.15) is 17.1 Å². The van der Waals surface area contributed by atoms with Crippen LogP contribution in [0.5, 0.6) is 0 Å². The Hall–Kier alpha value is -2.57. The molecule has 1 amide bonds. The SMILES string of the molecule is Cc1cc2c(cc3c(=O)n(CCCC(=O)NC4CCCC(C)C4C)nc(C)n32)o1. The Kier molecular flexibility index (Phi) is 5.23. The van der Waals surface area contributed by atoms with E-state index in [0.717, 1.165) is 23.5 Å². The highest BCUT2D eigenvalue weighted by Gasteiger charge is 2.27. The largest absolute Gasteiger partial charge is 0.460 e. The molecule has 1 aliphatic rings. The number of fused-ring (bicyclic) bond motifs is 3. The first-order chi connectivity index (χ1) is 13.8. The van der Waals surface area contributed by atoms with Crippen molar-refractivity contribution in [2.45, 2.75) is 72.4 Å². The van der Waals surface area contributed by atoms with Crippen molar-refractivity contribution in [3.63, 3.8) is 0 Å². The second-order valence-corrected chi connectivity index (χ2v) is 8.59. The van der Waals surface area contributed by atoms with Crippen LogP contribution in [-0.4, -0.2) is 26.1 Å². The fourth-order valence-corrected chi connectivity index (χ4v) is 4.62. The highest BCUT2D eigenvalue weighted by molar-refractivity contribution is 5.83. The topological polar surface area (TPSA) is 81.5 Å². The minimum atomic E-state index is -0.158. The first kappa shape index (κ1) is 19.7. The van der Waals surface area contributed by atoms with Gasteiger partial charge in [-0.15, -0.1) is 0 Å². The van der Waals surface area contributed by atoms with Crippen LogP contribution in [0.15, 0.2) is 21.3 Å². The molecular weight excluding hydrogens is 368 g/mol. The van der Waals surface area contributed by atoms with Crippen LogP contribution in [0.4, 0.5) is 0 Å². The lowest BCUT2D eigenvalue weighted by Gasteiger charge is -2.34. The smallest absolute Gasteiger partial charge is 0.291 e. The summed E-state index contributed by atoms with van der Waals surface area (Å²) in [4.78, 5) is 25.2. The summed E-state index contributed by atoms with van der Waals surface area (Å²) in [6.45, 7) is 8.68. The van der Waals surface area contributed by atoms with Crippen LogP contribution in [0.25, 0.3) is 16.6 Å². The van der Waals surface area contributed by atoms with Gasteiger partial charge in [-0.1, -0.05) is 26.7 Å². The molecule has 1 aliphatic carbocycles. The van der Waals surface area contributed by atoms with Gasteiger partial charge in [0.15, 0.2) is 5.58 Å². The molecule has 1 fully saturated rings. The van der Waals surface area contributed by atoms with E-state index in [4.69, 9.17) is 4.42 Å². The number of hydrogen-bond donors (Lipinski definition) is 1. The van der Waals surface area contributed by atoms with E-state index in [0.29, 0.717) is 42.3 Å². The molecule has 1 N–H and O–H groups in total. The average molecular weight is 399 g/mol. The average Bonchev–Trinajstić information content (AvgIpc) is 3.19. The third-order valence-electron chi connectivity index (χ3n) is 6.48. The van der Waals surface area contributed by atoms with Gasteiger partial charge in [0.25, 0.3) is 5.56 Å². The predicted octanol–water partition coefficient (Wildman–Crippen LogP) is 3.58. The fraction of sp³-hybridized carbons (Fsp3) is 0.591. The first-order valence-electron chi connectivity index (χ1n) is 10.6. The summed E-state index contributed by atoms with van der Waals surface area (Å²) in [7, 11) is 0. The van der Waals surface area contributed by atoms with Gasteiger partial charge in [-0.05, 0) is 38.5 Å². The Morgan fingerprint density at radius 1 is 1.24 bits per heavy atom. The summed E-state index contributed by atoms with van der Waals surface area (Å²) in [6, 6.07) is 3.96. The third-order valence-corrected chi connectivity index (χ3v) is 6.48. The molecule has 29 heavy (non-hydrogen) atoms. The molecule has 3 heterocycles. The second kappa shape index (κ2) is 7.69. The van der Waals surface area contributed by atoms with Crippen LogP contribution in [0, 0.1) is 25.7 Å². The number of hydrogen-bond acceptors (Lipinski definition) is 4. The van der Waals surface area contributed by atoms with Crippen molar-refractivity contribution in [1.29, 1.82) is 0 Å². The minimum absolute atomic E-state index is 0.0671. The van der Waals surface area contributed by atoms with Gasteiger partial charge in [0, 0.05) is 31.1 Å². The molecule has 0 radical (unpaired) electrons. The van der Waals surface area contributed by atoms with E-state index in [1.807, 2.05) is 24.3 Å². The maximum absolute atomic E-state index is 12.8. The first-order valence-corrected chi connectivity index (χ1v) is 10.6. The van der Waals surface area contributed by atoms with Crippen molar-refractivity contribution < 1.29 is 9.21 Å². The molecule has 3 atom stereocenters. The molecule has 7 nitrogen and oxygen atoms in total. The van der Waals surface area contributed by atoms with E-state index >= 15 is 0 Å². The summed E-state index contributed by atoms with van der Waals surface area (Å²) in [6.07, 6.45) is 4.46. The maximum Gasteiger partial charge on any atom is 0.291 e. The van der Waals surface area contributed by atoms with Crippen molar-refractivity contribution in [3.8, 4) is 0 Å². The lowest BCUT2D eigenvalue weighted by atomic mass is 9.78. The van der Waals surface area contributed by atoms with Crippen LogP contribution in [0.3, 0.4) is 0 Å². The lowest BCUT2D eigenvalue weighted by molar-refractivity contribution is -0.122. The molecule has 1 saturated carbocycles. The molecule has 0 saturated heterocycles. The maximum atomic E-state index is 12.8.